The summed E-state index contributed by atoms with van der Waals surface area (Å²) in [5.41, 5.74) is 0.101. The molecule has 0 atom stereocenters. The molecule has 1 aromatic heterocycles. The maximum Gasteiger partial charge on any atom is 0.340 e. The molecule has 2 N–H and O–H groups in total. The molecule has 0 spiro atoms. The summed E-state index contributed by atoms with van der Waals surface area (Å²) >= 11 is 1.58. The normalized spacial score (nSPS) is 11.1. The van der Waals surface area contributed by atoms with E-state index < -0.39 is 34.3 Å². The smallest absolute Gasteiger partial charge is 0.340 e. The number of benzene rings is 2. The Morgan fingerprint density at radius 3 is 2.59 bits per heavy atom. The molecule has 3 rings (SSSR count). The van der Waals surface area contributed by atoms with Crippen molar-refractivity contribution in [3.05, 3.63) is 81.8 Å². The Hall–Kier alpha value is -3.24. The van der Waals surface area contributed by atoms with E-state index in [-0.39, 0.29) is 21.7 Å². The molecule has 0 saturated heterocycles. The Morgan fingerprint density at radius 1 is 1.09 bits per heavy atom. The SMILES string of the molecule is Cc1cc(S(=O)(=O)Nc2ccccc2C(=O)OCC(=O)NCCc2cccs2)ccc1F. The second-order valence-corrected chi connectivity index (χ2v) is 9.53. The highest BCUT2D eigenvalue weighted by atomic mass is 32.2. The van der Waals surface area contributed by atoms with Crippen molar-refractivity contribution in [1.82, 2.24) is 5.32 Å². The molecule has 10 heteroatoms. The average Bonchev–Trinajstić information content (AvgIpc) is 3.27. The fraction of sp³-hybridized carbons (Fsp3) is 0.182. The molecule has 0 unspecified atom stereocenters. The molecule has 0 radical (unpaired) electrons. The van der Waals surface area contributed by atoms with E-state index >= 15 is 0 Å². The van der Waals surface area contributed by atoms with Crippen molar-refractivity contribution in [1.29, 1.82) is 0 Å². The van der Waals surface area contributed by atoms with Crippen molar-refractivity contribution in [3.63, 3.8) is 0 Å². The first-order valence-electron chi connectivity index (χ1n) is 9.60. The van der Waals surface area contributed by atoms with Crippen molar-refractivity contribution < 1.29 is 27.1 Å². The van der Waals surface area contributed by atoms with Crippen LogP contribution in [0.3, 0.4) is 0 Å². The van der Waals surface area contributed by atoms with Crippen LogP contribution >= 0.6 is 11.3 Å². The summed E-state index contributed by atoms with van der Waals surface area (Å²) in [6.07, 6.45) is 0.671. The van der Waals surface area contributed by atoms with Crippen LogP contribution < -0.4 is 10.0 Å². The predicted octanol–water partition coefficient (Wildman–Crippen LogP) is 3.51. The number of thiophene rings is 1. The first kappa shape index (κ1) is 23.4. The van der Waals surface area contributed by atoms with E-state index in [2.05, 4.69) is 10.0 Å². The summed E-state index contributed by atoms with van der Waals surface area (Å²) in [5.74, 6) is -1.84. The number of para-hydroxylation sites is 1. The highest BCUT2D eigenvalue weighted by molar-refractivity contribution is 7.92. The fourth-order valence-corrected chi connectivity index (χ4v) is 4.65. The lowest BCUT2D eigenvalue weighted by atomic mass is 10.2. The number of carbonyl (C=O) groups is 2. The van der Waals surface area contributed by atoms with Gasteiger partial charge in [0, 0.05) is 11.4 Å². The Kier molecular flexibility index (Phi) is 7.60. The number of halogens is 1. The number of ether oxygens (including phenoxy) is 1. The third-order valence-electron chi connectivity index (χ3n) is 4.44. The van der Waals surface area contributed by atoms with Crippen LogP contribution in [0.4, 0.5) is 10.1 Å². The second kappa shape index (κ2) is 10.4. The summed E-state index contributed by atoms with van der Waals surface area (Å²) in [4.78, 5) is 25.4. The van der Waals surface area contributed by atoms with E-state index in [4.69, 9.17) is 4.74 Å². The third kappa shape index (κ3) is 6.14. The Morgan fingerprint density at radius 2 is 1.88 bits per heavy atom. The standard InChI is InChI=1S/C22H21FN2O5S2/c1-15-13-17(8-9-19(15)23)32(28,29)25-20-7-3-2-6-18(20)22(27)30-14-21(26)24-11-10-16-5-4-12-31-16/h2-9,12-13,25H,10-11,14H2,1H3,(H,24,26). The minimum absolute atomic E-state index is 0.0161. The second-order valence-electron chi connectivity index (χ2n) is 6.82. The van der Waals surface area contributed by atoms with E-state index in [1.54, 1.807) is 17.4 Å². The van der Waals surface area contributed by atoms with Gasteiger partial charge in [0.1, 0.15) is 5.82 Å². The van der Waals surface area contributed by atoms with Gasteiger partial charge in [0.15, 0.2) is 6.61 Å². The molecule has 32 heavy (non-hydrogen) atoms. The zero-order valence-corrected chi connectivity index (χ0v) is 18.8. The molecule has 0 aliphatic heterocycles. The highest BCUT2D eigenvalue weighted by Gasteiger charge is 2.20. The Balaban J connectivity index is 1.61. The Bertz CT molecular complexity index is 1210. The summed E-state index contributed by atoms with van der Waals surface area (Å²) in [7, 11) is -4.08. The number of sulfonamides is 1. The van der Waals surface area contributed by atoms with Crippen LogP contribution in [-0.2, 0) is 26.0 Å². The molecule has 0 aliphatic rings. The summed E-state index contributed by atoms with van der Waals surface area (Å²) in [5, 5.41) is 4.61. The first-order chi connectivity index (χ1) is 15.3. The van der Waals surface area contributed by atoms with Gasteiger partial charge in [-0.2, -0.15) is 0 Å². The van der Waals surface area contributed by atoms with Crippen molar-refractivity contribution in [3.8, 4) is 0 Å². The molecule has 0 fully saturated rings. The van der Waals surface area contributed by atoms with Gasteiger partial charge in [0.2, 0.25) is 0 Å². The monoisotopic (exact) mass is 476 g/mol. The number of anilines is 1. The largest absolute Gasteiger partial charge is 0.452 e. The molecule has 1 amide bonds. The van der Waals surface area contributed by atoms with Crippen molar-refractivity contribution in [2.75, 3.05) is 17.9 Å². The number of hydrogen-bond donors (Lipinski definition) is 2. The molecule has 168 valence electrons. The van der Waals surface area contributed by atoms with Crippen LogP contribution in [0.25, 0.3) is 0 Å². The summed E-state index contributed by atoms with van der Waals surface area (Å²) in [6.45, 7) is 1.36. The molecule has 7 nitrogen and oxygen atoms in total. The van der Waals surface area contributed by atoms with E-state index in [1.165, 1.54) is 31.2 Å². The predicted molar refractivity (Wildman–Crippen MR) is 120 cm³/mol. The fourth-order valence-electron chi connectivity index (χ4n) is 2.78. The molecular formula is C22H21FN2O5S2. The van der Waals surface area contributed by atoms with Gasteiger partial charge >= 0.3 is 5.97 Å². The van der Waals surface area contributed by atoms with Crippen LogP contribution in [0.5, 0.6) is 0 Å². The lowest BCUT2D eigenvalue weighted by Crippen LogP contribution is -2.30. The number of esters is 1. The summed E-state index contributed by atoms with van der Waals surface area (Å²) < 4.78 is 46.2. The van der Waals surface area contributed by atoms with Crippen molar-refractivity contribution in [2.24, 2.45) is 0 Å². The van der Waals surface area contributed by atoms with Crippen LogP contribution in [0, 0.1) is 12.7 Å². The maximum absolute atomic E-state index is 13.5. The number of hydrogen-bond acceptors (Lipinski definition) is 6. The van der Waals surface area contributed by atoms with Gasteiger partial charge in [-0.05, 0) is 60.7 Å². The van der Waals surface area contributed by atoms with Gasteiger partial charge in [-0.25, -0.2) is 17.6 Å². The number of carbonyl (C=O) groups excluding carboxylic acids is 2. The van der Waals surface area contributed by atoms with Crippen molar-refractivity contribution >= 4 is 38.9 Å². The lowest BCUT2D eigenvalue weighted by molar-refractivity contribution is -0.124. The van der Waals surface area contributed by atoms with E-state index in [0.717, 1.165) is 17.0 Å². The van der Waals surface area contributed by atoms with Gasteiger partial charge in [-0.15, -0.1) is 11.3 Å². The van der Waals surface area contributed by atoms with Crippen molar-refractivity contribution in [2.45, 2.75) is 18.2 Å². The molecule has 0 saturated carbocycles. The minimum atomic E-state index is -4.08. The van der Waals surface area contributed by atoms with Gasteiger partial charge in [0.25, 0.3) is 15.9 Å². The zero-order chi connectivity index (χ0) is 23.1. The minimum Gasteiger partial charge on any atom is -0.452 e. The molecular weight excluding hydrogens is 455 g/mol. The zero-order valence-electron chi connectivity index (χ0n) is 17.1. The maximum atomic E-state index is 13.5. The number of amides is 1. The van der Waals surface area contributed by atoms with E-state index in [9.17, 15) is 22.4 Å². The summed E-state index contributed by atoms with van der Waals surface area (Å²) in [6, 6.07) is 13.1. The van der Waals surface area contributed by atoms with Gasteiger partial charge in [-0.1, -0.05) is 18.2 Å². The van der Waals surface area contributed by atoms with Gasteiger partial charge < -0.3 is 10.1 Å². The molecule has 0 bridgehead atoms. The molecule has 0 aliphatic carbocycles. The molecule has 2 aromatic carbocycles. The Labute approximate surface area is 189 Å². The van der Waals surface area contributed by atoms with Crippen LogP contribution in [0.2, 0.25) is 0 Å². The number of nitrogens with one attached hydrogen (secondary N) is 2. The molecule has 1 heterocycles. The van der Waals surface area contributed by atoms with Crippen LogP contribution in [0.1, 0.15) is 20.8 Å². The van der Waals surface area contributed by atoms with E-state index in [1.807, 2.05) is 17.5 Å². The molecule has 3 aromatic rings. The van der Waals surface area contributed by atoms with Gasteiger partial charge in [0.05, 0.1) is 16.1 Å². The topological polar surface area (TPSA) is 102 Å². The number of rotatable bonds is 9. The quantitative estimate of drug-likeness (QED) is 0.460. The number of aryl methyl sites for hydroxylation is 1. The van der Waals surface area contributed by atoms with Crippen LogP contribution in [-0.4, -0.2) is 33.4 Å². The van der Waals surface area contributed by atoms with E-state index in [0.29, 0.717) is 13.0 Å². The van der Waals surface area contributed by atoms with Crippen LogP contribution in [0.15, 0.2) is 64.9 Å². The average molecular weight is 477 g/mol. The third-order valence-corrected chi connectivity index (χ3v) is 6.74. The highest BCUT2D eigenvalue weighted by Crippen LogP contribution is 2.22. The van der Waals surface area contributed by atoms with Gasteiger partial charge in [-0.3, -0.25) is 9.52 Å². The first-order valence-corrected chi connectivity index (χ1v) is 12.0. The lowest BCUT2D eigenvalue weighted by Gasteiger charge is -2.13.